The molecule has 0 fully saturated rings. The van der Waals surface area contributed by atoms with E-state index in [1.807, 2.05) is 0 Å². The predicted molar refractivity (Wildman–Crippen MR) is 80.1 cm³/mol. The first-order valence-corrected chi connectivity index (χ1v) is 7.30. The molecule has 0 spiro atoms. The van der Waals surface area contributed by atoms with E-state index >= 15 is 0 Å². The van der Waals surface area contributed by atoms with E-state index in [1.165, 1.54) is 38.0 Å². The molecule has 0 aliphatic heterocycles. The highest BCUT2D eigenvalue weighted by atomic mass is 19.1. The minimum Gasteiger partial charge on any atom is -0.273 e. The highest BCUT2D eigenvalue weighted by molar-refractivity contribution is 5.82. The number of hydrogen-bond acceptors (Lipinski definition) is 2. The van der Waals surface area contributed by atoms with Gasteiger partial charge in [0.25, 0.3) is 0 Å². The Balaban J connectivity index is 2.15. The number of benzene rings is 1. The molecule has 20 heavy (non-hydrogen) atoms. The summed E-state index contributed by atoms with van der Waals surface area (Å²) in [7, 11) is 0. The summed E-state index contributed by atoms with van der Waals surface area (Å²) in [5.41, 5.74) is 2.79. The van der Waals surface area contributed by atoms with Gasteiger partial charge in [-0.25, -0.2) is 9.82 Å². The molecule has 0 radical (unpaired) electrons. The molecule has 1 aromatic carbocycles. The second kappa shape index (κ2) is 10.1. The van der Waals surface area contributed by atoms with Crippen molar-refractivity contribution in [1.29, 1.82) is 0 Å². The third kappa shape index (κ3) is 7.02. The van der Waals surface area contributed by atoms with E-state index in [1.54, 1.807) is 18.2 Å². The van der Waals surface area contributed by atoms with Crippen molar-refractivity contribution in [3.63, 3.8) is 0 Å². The number of rotatable bonds is 9. The maximum Gasteiger partial charge on any atom is 0.240 e. The number of nitrogens with zero attached hydrogens (tertiary/aromatic N) is 1. The van der Waals surface area contributed by atoms with E-state index < -0.39 is 0 Å². The monoisotopic (exact) mass is 278 g/mol. The van der Waals surface area contributed by atoms with Crippen LogP contribution < -0.4 is 5.43 Å². The summed E-state index contributed by atoms with van der Waals surface area (Å²) in [6.07, 6.45) is 8.66. The van der Waals surface area contributed by atoms with Gasteiger partial charge in [0.15, 0.2) is 0 Å². The average molecular weight is 278 g/mol. The lowest BCUT2D eigenvalue weighted by Crippen LogP contribution is -2.17. The lowest BCUT2D eigenvalue weighted by Gasteiger charge is -2.01. The molecule has 1 aromatic rings. The fraction of sp³-hybridized carbons (Fsp3) is 0.500. The highest BCUT2D eigenvalue weighted by Gasteiger charge is 2.00. The third-order valence-electron chi connectivity index (χ3n) is 3.06. The average Bonchev–Trinajstić information content (AvgIpc) is 2.45. The topological polar surface area (TPSA) is 41.5 Å². The van der Waals surface area contributed by atoms with Crippen LogP contribution in [0.2, 0.25) is 0 Å². The van der Waals surface area contributed by atoms with Crippen molar-refractivity contribution in [2.75, 3.05) is 0 Å². The van der Waals surface area contributed by atoms with Gasteiger partial charge >= 0.3 is 0 Å². The molecule has 0 bridgehead atoms. The first kappa shape index (κ1) is 16.3. The van der Waals surface area contributed by atoms with Crippen molar-refractivity contribution in [2.24, 2.45) is 5.10 Å². The summed E-state index contributed by atoms with van der Waals surface area (Å²) < 4.78 is 13.3. The van der Waals surface area contributed by atoms with Gasteiger partial charge in [-0.05, 0) is 12.5 Å². The zero-order valence-corrected chi connectivity index (χ0v) is 12.1. The van der Waals surface area contributed by atoms with E-state index in [9.17, 15) is 9.18 Å². The largest absolute Gasteiger partial charge is 0.273 e. The lowest BCUT2D eigenvalue weighted by atomic mass is 10.1. The lowest BCUT2D eigenvalue weighted by molar-refractivity contribution is -0.121. The van der Waals surface area contributed by atoms with E-state index in [-0.39, 0.29) is 11.7 Å². The van der Waals surface area contributed by atoms with Crippen LogP contribution in [-0.4, -0.2) is 12.1 Å². The van der Waals surface area contributed by atoms with Crippen LogP contribution in [0.5, 0.6) is 0 Å². The van der Waals surface area contributed by atoms with Crippen LogP contribution in [0.15, 0.2) is 29.4 Å². The molecule has 0 aliphatic carbocycles. The Morgan fingerprint density at radius 2 is 1.90 bits per heavy atom. The van der Waals surface area contributed by atoms with Crippen molar-refractivity contribution < 1.29 is 9.18 Å². The Morgan fingerprint density at radius 3 is 2.65 bits per heavy atom. The molecule has 1 rings (SSSR count). The minimum absolute atomic E-state index is 0.118. The van der Waals surface area contributed by atoms with Crippen LogP contribution in [0.25, 0.3) is 0 Å². The summed E-state index contributed by atoms with van der Waals surface area (Å²) in [4.78, 5) is 11.5. The quantitative estimate of drug-likeness (QED) is 0.413. The van der Waals surface area contributed by atoms with E-state index in [0.717, 1.165) is 12.8 Å². The summed E-state index contributed by atoms with van der Waals surface area (Å²) in [5, 5.41) is 3.77. The Labute approximate surface area is 120 Å². The zero-order chi connectivity index (χ0) is 14.6. The molecule has 0 aliphatic rings. The third-order valence-corrected chi connectivity index (χ3v) is 3.06. The summed E-state index contributed by atoms with van der Waals surface area (Å²) in [6.45, 7) is 2.18. The van der Waals surface area contributed by atoms with Crippen molar-refractivity contribution in [2.45, 2.75) is 51.9 Å². The van der Waals surface area contributed by atoms with Crippen LogP contribution in [0.1, 0.15) is 57.4 Å². The number of amides is 1. The van der Waals surface area contributed by atoms with Crippen molar-refractivity contribution in [3.05, 3.63) is 35.6 Å². The van der Waals surface area contributed by atoms with Crippen molar-refractivity contribution >= 4 is 12.1 Å². The molecule has 1 N–H and O–H groups in total. The van der Waals surface area contributed by atoms with Gasteiger partial charge in [-0.15, -0.1) is 0 Å². The fourth-order valence-corrected chi connectivity index (χ4v) is 1.88. The van der Waals surface area contributed by atoms with Gasteiger partial charge < -0.3 is 0 Å². The van der Waals surface area contributed by atoms with Crippen LogP contribution >= 0.6 is 0 Å². The maximum atomic E-state index is 13.3. The van der Waals surface area contributed by atoms with Gasteiger partial charge in [-0.2, -0.15) is 5.10 Å². The normalized spacial score (nSPS) is 10.9. The van der Waals surface area contributed by atoms with Crippen LogP contribution in [0.4, 0.5) is 4.39 Å². The van der Waals surface area contributed by atoms with Gasteiger partial charge in [0.2, 0.25) is 5.91 Å². The molecule has 0 atom stereocenters. The Bertz CT molecular complexity index is 432. The molecule has 0 heterocycles. The van der Waals surface area contributed by atoms with Gasteiger partial charge in [0.1, 0.15) is 5.82 Å². The van der Waals surface area contributed by atoms with Crippen LogP contribution in [-0.2, 0) is 4.79 Å². The second-order valence-electron chi connectivity index (χ2n) is 4.83. The number of hydrogen-bond donors (Lipinski definition) is 1. The molecule has 110 valence electrons. The Hall–Kier alpha value is -1.71. The number of carbonyl (C=O) groups excluding carboxylic acids is 1. The Morgan fingerprint density at radius 1 is 1.20 bits per heavy atom. The molecule has 1 amide bonds. The summed E-state index contributed by atoms with van der Waals surface area (Å²) in [5.74, 6) is -0.463. The van der Waals surface area contributed by atoms with Crippen molar-refractivity contribution in [1.82, 2.24) is 5.43 Å². The molecule has 0 unspecified atom stereocenters. The first-order valence-electron chi connectivity index (χ1n) is 7.30. The molecule has 0 saturated heterocycles. The van der Waals surface area contributed by atoms with E-state index in [0.29, 0.717) is 12.0 Å². The molecule has 0 aromatic heterocycles. The van der Waals surface area contributed by atoms with Gasteiger partial charge in [-0.1, -0.05) is 57.2 Å². The number of halogens is 1. The molecule has 3 nitrogen and oxygen atoms in total. The standard InChI is InChI=1S/C16H23FN2O/c1-2-3-4-5-6-7-12-16(20)19-18-13-14-10-8-9-11-15(14)17/h8-11,13H,2-7,12H2,1H3,(H,19,20)/b18-13+. The molecule has 0 saturated carbocycles. The van der Waals surface area contributed by atoms with Crippen LogP contribution in [0, 0.1) is 5.82 Å². The van der Waals surface area contributed by atoms with Gasteiger partial charge in [0.05, 0.1) is 6.21 Å². The van der Waals surface area contributed by atoms with Crippen LogP contribution in [0.3, 0.4) is 0 Å². The molecule has 4 heteroatoms. The highest BCUT2D eigenvalue weighted by Crippen LogP contribution is 2.06. The van der Waals surface area contributed by atoms with Gasteiger partial charge in [0, 0.05) is 12.0 Å². The molecular weight excluding hydrogens is 255 g/mol. The second-order valence-corrected chi connectivity index (χ2v) is 4.83. The van der Waals surface area contributed by atoms with Crippen molar-refractivity contribution in [3.8, 4) is 0 Å². The number of nitrogens with one attached hydrogen (secondary N) is 1. The smallest absolute Gasteiger partial charge is 0.240 e. The first-order chi connectivity index (χ1) is 9.74. The summed E-state index contributed by atoms with van der Waals surface area (Å²) in [6, 6.07) is 6.31. The summed E-state index contributed by atoms with van der Waals surface area (Å²) >= 11 is 0. The Kier molecular flexibility index (Phi) is 8.27. The minimum atomic E-state index is -0.346. The molecular formula is C16H23FN2O. The zero-order valence-electron chi connectivity index (χ0n) is 12.1. The number of unbranched alkanes of at least 4 members (excludes halogenated alkanes) is 5. The SMILES string of the molecule is CCCCCCCCC(=O)N/N=C/c1ccccc1F. The number of carbonyl (C=O) groups is 1. The fourth-order valence-electron chi connectivity index (χ4n) is 1.88. The maximum absolute atomic E-state index is 13.3. The van der Waals surface area contributed by atoms with E-state index in [4.69, 9.17) is 0 Å². The number of hydrazone groups is 1. The van der Waals surface area contributed by atoms with Gasteiger partial charge in [-0.3, -0.25) is 4.79 Å². The van der Waals surface area contributed by atoms with E-state index in [2.05, 4.69) is 17.5 Å². The predicted octanol–water partition coefficient (Wildman–Crippen LogP) is 4.03.